The zero-order chi connectivity index (χ0) is 16.8. The second-order valence-corrected chi connectivity index (χ2v) is 5.67. The van der Waals surface area contributed by atoms with E-state index in [4.69, 9.17) is 0 Å². The minimum atomic E-state index is -0.309. The number of amides is 1. The summed E-state index contributed by atoms with van der Waals surface area (Å²) in [5.41, 5.74) is 0.0709. The summed E-state index contributed by atoms with van der Waals surface area (Å²) in [7, 11) is 0. The lowest BCUT2D eigenvalue weighted by Crippen LogP contribution is -2.33. The van der Waals surface area contributed by atoms with Crippen molar-refractivity contribution in [2.75, 3.05) is 24.5 Å². The SMILES string of the molecule is O=C(NCCn1ncccc1=O)c1ccc(N2CCCCC2)nn1. The van der Waals surface area contributed by atoms with Gasteiger partial charge in [0.05, 0.1) is 6.54 Å². The predicted molar refractivity (Wildman–Crippen MR) is 88.9 cm³/mol. The van der Waals surface area contributed by atoms with Gasteiger partial charge in [-0.25, -0.2) is 4.68 Å². The first-order chi connectivity index (χ1) is 11.7. The molecule has 0 saturated carbocycles. The van der Waals surface area contributed by atoms with Crippen LogP contribution in [-0.4, -0.2) is 45.5 Å². The third-order valence-corrected chi connectivity index (χ3v) is 3.96. The number of nitrogens with zero attached hydrogens (tertiary/aromatic N) is 5. The molecule has 0 bridgehead atoms. The van der Waals surface area contributed by atoms with Crippen LogP contribution in [-0.2, 0) is 6.54 Å². The van der Waals surface area contributed by atoms with Crippen LogP contribution in [0.1, 0.15) is 29.8 Å². The Bertz CT molecular complexity index is 737. The number of anilines is 1. The van der Waals surface area contributed by atoms with E-state index >= 15 is 0 Å². The highest BCUT2D eigenvalue weighted by Crippen LogP contribution is 2.16. The largest absolute Gasteiger partial charge is 0.355 e. The van der Waals surface area contributed by atoms with E-state index in [0.717, 1.165) is 31.7 Å². The Morgan fingerprint density at radius 3 is 2.67 bits per heavy atom. The second kappa shape index (κ2) is 7.67. The summed E-state index contributed by atoms with van der Waals surface area (Å²) >= 11 is 0. The Kier molecular flexibility index (Phi) is 5.15. The maximum absolute atomic E-state index is 12.1. The van der Waals surface area contributed by atoms with Crippen LogP contribution < -0.4 is 15.8 Å². The molecule has 1 aliphatic rings. The summed E-state index contributed by atoms with van der Waals surface area (Å²) in [6, 6.07) is 6.52. The first-order valence-corrected chi connectivity index (χ1v) is 8.13. The van der Waals surface area contributed by atoms with Crippen LogP contribution in [0.5, 0.6) is 0 Å². The highest BCUT2D eigenvalue weighted by Gasteiger charge is 2.14. The molecule has 2 aromatic rings. The quantitative estimate of drug-likeness (QED) is 0.857. The van der Waals surface area contributed by atoms with Crippen LogP contribution in [0.25, 0.3) is 0 Å². The molecule has 3 rings (SSSR count). The van der Waals surface area contributed by atoms with Gasteiger partial charge in [0.2, 0.25) is 0 Å². The molecule has 0 unspecified atom stereocenters. The number of nitrogens with one attached hydrogen (secondary N) is 1. The lowest BCUT2D eigenvalue weighted by atomic mass is 10.1. The van der Waals surface area contributed by atoms with Crippen LogP contribution in [0.3, 0.4) is 0 Å². The number of hydrogen-bond donors (Lipinski definition) is 1. The molecule has 8 heteroatoms. The van der Waals surface area contributed by atoms with Crippen molar-refractivity contribution in [1.82, 2.24) is 25.3 Å². The fraction of sp³-hybridized carbons (Fsp3) is 0.438. The molecule has 126 valence electrons. The van der Waals surface area contributed by atoms with Crippen molar-refractivity contribution in [2.45, 2.75) is 25.8 Å². The normalized spacial score (nSPS) is 14.4. The molecule has 0 atom stereocenters. The summed E-state index contributed by atoms with van der Waals surface area (Å²) in [5.74, 6) is 0.503. The highest BCUT2D eigenvalue weighted by molar-refractivity contribution is 5.92. The van der Waals surface area contributed by atoms with Gasteiger partial charge < -0.3 is 10.2 Å². The number of hydrogen-bond acceptors (Lipinski definition) is 6. The number of carbonyl (C=O) groups is 1. The molecular weight excluding hydrogens is 308 g/mol. The van der Waals surface area contributed by atoms with Gasteiger partial charge in [0.1, 0.15) is 0 Å². The number of piperidine rings is 1. The molecule has 0 radical (unpaired) electrons. The molecular formula is C16H20N6O2. The standard InChI is InChI=1S/C16H20N6O2/c23-15-5-4-8-18-22(15)12-9-17-16(24)13-6-7-14(20-19-13)21-10-2-1-3-11-21/h4-8H,1-3,9-12H2,(H,17,24). The van der Waals surface area contributed by atoms with Gasteiger partial charge in [-0.1, -0.05) is 0 Å². The topological polar surface area (TPSA) is 93.0 Å². The van der Waals surface area contributed by atoms with Crippen LogP contribution in [0.2, 0.25) is 0 Å². The highest BCUT2D eigenvalue weighted by atomic mass is 16.2. The van der Waals surface area contributed by atoms with Crippen LogP contribution in [0.4, 0.5) is 5.82 Å². The van der Waals surface area contributed by atoms with E-state index in [2.05, 4.69) is 25.5 Å². The van der Waals surface area contributed by atoms with E-state index in [1.54, 1.807) is 12.1 Å². The van der Waals surface area contributed by atoms with E-state index in [-0.39, 0.29) is 17.2 Å². The van der Waals surface area contributed by atoms with Gasteiger partial charge in [-0.05, 0) is 37.5 Å². The first-order valence-electron chi connectivity index (χ1n) is 8.13. The summed E-state index contributed by atoms with van der Waals surface area (Å²) in [6.45, 7) is 2.58. The Morgan fingerprint density at radius 1 is 1.12 bits per heavy atom. The van der Waals surface area contributed by atoms with Crippen molar-refractivity contribution >= 4 is 11.7 Å². The van der Waals surface area contributed by atoms with Gasteiger partial charge in [-0.3, -0.25) is 9.59 Å². The Hall–Kier alpha value is -2.77. The van der Waals surface area contributed by atoms with Gasteiger partial charge in [0.25, 0.3) is 11.5 Å². The minimum absolute atomic E-state index is 0.197. The van der Waals surface area contributed by atoms with Gasteiger partial charge in [0, 0.05) is 31.9 Å². The molecule has 1 amide bonds. The summed E-state index contributed by atoms with van der Waals surface area (Å²) in [5, 5.41) is 14.8. The van der Waals surface area contributed by atoms with E-state index < -0.39 is 0 Å². The van der Waals surface area contributed by atoms with Crippen LogP contribution >= 0.6 is 0 Å². The zero-order valence-corrected chi connectivity index (χ0v) is 13.4. The lowest BCUT2D eigenvalue weighted by molar-refractivity contribution is 0.0945. The fourth-order valence-electron chi connectivity index (χ4n) is 2.66. The molecule has 0 aliphatic carbocycles. The average molecular weight is 328 g/mol. The van der Waals surface area contributed by atoms with Crippen molar-refractivity contribution in [3.05, 3.63) is 46.5 Å². The van der Waals surface area contributed by atoms with Crippen molar-refractivity contribution in [2.24, 2.45) is 0 Å². The van der Waals surface area contributed by atoms with Gasteiger partial charge >= 0.3 is 0 Å². The first kappa shape index (κ1) is 16.1. The molecule has 3 heterocycles. The molecule has 0 spiro atoms. The zero-order valence-electron chi connectivity index (χ0n) is 13.4. The van der Waals surface area contributed by atoms with Crippen LogP contribution in [0, 0.1) is 0 Å². The third-order valence-electron chi connectivity index (χ3n) is 3.96. The molecule has 1 aliphatic heterocycles. The lowest BCUT2D eigenvalue weighted by Gasteiger charge is -2.27. The number of carbonyl (C=O) groups excluding carboxylic acids is 1. The number of rotatable bonds is 5. The van der Waals surface area contributed by atoms with E-state index in [1.807, 2.05) is 6.07 Å². The Morgan fingerprint density at radius 2 is 1.96 bits per heavy atom. The summed E-state index contributed by atoms with van der Waals surface area (Å²) in [4.78, 5) is 25.8. The van der Waals surface area contributed by atoms with Crippen molar-refractivity contribution in [1.29, 1.82) is 0 Å². The second-order valence-electron chi connectivity index (χ2n) is 5.67. The molecule has 1 N–H and O–H groups in total. The van der Waals surface area contributed by atoms with Crippen molar-refractivity contribution in [3.63, 3.8) is 0 Å². The molecule has 2 aromatic heterocycles. The molecule has 0 aromatic carbocycles. The monoisotopic (exact) mass is 328 g/mol. The summed E-state index contributed by atoms with van der Waals surface area (Å²) < 4.78 is 1.30. The van der Waals surface area contributed by atoms with Crippen LogP contribution in [0.15, 0.2) is 35.3 Å². The van der Waals surface area contributed by atoms with Gasteiger partial charge in [-0.15, -0.1) is 10.2 Å². The molecule has 8 nitrogen and oxygen atoms in total. The van der Waals surface area contributed by atoms with Gasteiger partial charge in [-0.2, -0.15) is 5.10 Å². The number of aromatic nitrogens is 4. The summed E-state index contributed by atoms with van der Waals surface area (Å²) in [6.07, 6.45) is 5.12. The van der Waals surface area contributed by atoms with E-state index in [9.17, 15) is 9.59 Å². The molecule has 1 fully saturated rings. The van der Waals surface area contributed by atoms with Crippen molar-refractivity contribution in [3.8, 4) is 0 Å². The van der Waals surface area contributed by atoms with Crippen molar-refractivity contribution < 1.29 is 4.79 Å². The fourth-order valence-corrected chi connectivity index (χ4v) is 2.66. The van der Waals surface area contributed by atoms with E-state index in [1.165, 1.54) is 23.4 Å². The third kappa shape index (κ3) is 3.95. The smallest absolute Gasteiger partial charge is 0.271 e. The molecule has 1 saturated heterocycles. The minimum Gasteiger partial charge on any atom is -0.355 e. The van der Waals surface area contributed by atoms with E-state index in [0.29, 0.717) is 13.1 Å². The average Bonchev–Trinajstić information content (AvgIpc) is 2.64. The maximum atomic E-state index is 12.1. The van der Waals surface area contributed by atoms with Gasteiger partial charge in [0.15, 0.2) is 11.5 Å². The molecule has 24 heavy (non-hydrogen) atoms. The maximum Gasteiger partial charge on any atom is 0.271 e. The Labute approximate surface area is 139 Å². The Balaban J connectivity index is 1.53. The predicted octanol–water partition coefficient (Wildman–Crippen LogP) is 0.454.